The lowest BCUT2D eigenvalue weighted by Crippen LogP contribution is -2.29. The fourth-order valence-electron chi connectivity index (χ4n) is 4.49. The molecule has 0 amide bonds. The highest BCUT2D eigenvalue weighted by molar-refractivity contribution is 5.88. The van der Waals surface area contributed by atoms with Crippen molar-refractivity contribution in [2.24, 2.45) is 0 Å². The highest BCUT2D eigenvalue weighted by Gasteiger charge is 2.13. The van der Waals surface area contributed by atoms with E-state index in [1.54, 1.807) is 6.20 Å². The fourth-order valence-corrected chi connectivity index (χ4v) is 4.49. The van der Waals surface area contributed by atoms with Crippen molar-refractivity contribution in [2.45, 2.75) is 25.8 Å². The lowest BCUT2D eigenvalue weighted by molar-refractivity contribution is 0.218. The Morgan fingerprint density at radius 1 is 0.895 bits per heavy atom. The second-order valence-electron chi connectivity index (χ2n) is 9.90. The van der Waals surface area contributed by atoms with Gasteiger partial charge in [0.1, 0.15) is 0 Å². The van der Waals surface area contributed by atoms with Gasteiger partial charge in [-0.25, -0.2) is 0 Å². The number of hydrogen-bond acceptors (Lipinski definition) is 7. The minimum atomic E-state index is 0.722. The van der Waals surface area contributed by atoms with Crippen LogP contribution >= 0.6 is 0 Å². The van der Waals surface area contributed by atoms with Crippen molar-refractivity contribution in [3.05, 3.63) is 97.5 Å². The van der Waals surface area contributed by atoms with Crippen LogP contribution in [-0.2, 0) is 6.54 Å². The van der Waals surface area contributed by atoms with Gasteiger partial charge in [-0.1, -0.05) is 32.2 Å². The van der Waals surface area contributed by atoms with Crippen LogP contribution in [0.3, 0.4) is 0 Å². The van der Waals surface area contributed by atoms with E-state index in [0.717, 1.165) is 76.2 Å². The van der Waals surface area contributed by atoms with Crippen molar-refractivity contribution in [3.63, 3.8) is 0 Å². The summed E-state index contributed by atoms with van der Waals surface area (Å²) in [5.74, 6) is 0.792. The molecule has 0 atom stereocenters. The van der Waals surface area contributed by atoms with E-state index in [1.807, 2.05) is 38.4 Å². The summed E-state index contributed by atoms with van der Waals surface area (Å²) in [4.78, 5) is 13.5. The van der Waals surface area contributed by atoms with Crippen LogP contribution < -0.4 is 16.0 Å². The van der Waals surface area contributed by atoms with E-state index in [1.165, 1.54) is 19.3 Å². The van der Waals surface area contributed by atoms with Crippen LogP contribution in [0, 0.1) is 0 Å². The maximum Gasteiger partial charge on any atom is 0.0978 e. The highest BCUT2D eigenvalue weighted by Crippen LogP contribution is 2.33. The Bertz CT molecular complexity index is 1290. The first-order valence-electron chi connectivity index (χ1n) is 13.1. The number of rotatable bonds is 11. The number of pyridine rings is 2. The topological polar surface area (TPSA) is 68.3 Å². The number of anilines is 3. The number of likely N-dealkylation sites (tertiary alicyclic amines) is 1. The Labute approximate surface area is 227 Å². The molecule has 0 unspecified atom stereocenters. The molecule has 198 valence electrons. The maximum absolute atomic E-state index is 4.68. The highest BCUT2D eigenvalue weighted by atomic mass is 15.2. The van der Waals surface area contributed by atoms with Crippen molar-refractivity contribution in [1.82, 2.24) is 19.8 Å². The second kappa shape index (κ2) is 12.4. The van der Waals surface area contributed by atoms with Gasteiger partial charge in [0.2, 0.25) is 0 Å². The maximum atomic E-state index is 4.68. The van der Waals surface area contributed by atoms with E-state index in [-0.39, 0.29) is 0 Å². The van der Waals surface area contributed by atoms with Gasteiger partial charge in [-0.2, -0.15) is 0 Å². The summed E-state index contributed by atoms with van der Waals surface area (Å²) in [6.45, 7) is 15.9. The molecule has 0 bridgehead atoms. The fraction of sp³-hybridized carbons (Fsp3) is 0.290. The first kappa shape index (κ1) is 26.9. The summed E-state index contributed by atoms with van der Waals surface area (Å²) in [5, 5.41) is 9.96. The van der Waals surface area contributed by atoms with Crippen molar-refractivity contribution in [2.75, 3.05) is 50.2 Å². The molecule has 3 heterocycles. The third kappa shape index (κ3) is 6.81. The van der Waals surface area contributed by atoms with E-state index in [0.29, 0.717) is 0 Å². The predicted molar refractivity (Wildman–Crippen MR) is 161 cm³/mol. The average molecular weight is 510 g/mol. The number of allylic oxidation sites excluding steroid dienone is 1. The molecule has 2 aromatic heterocycles. The number of benzene rings is 1. The Hall–Kier alpha value is -4.10. The van der Waals surface area contributed by atoms with Crippen molar-refractivity contribution in [1.29, 1.82) is 0 Å². The third-order valence-corrected chi connectivity index (χ3v) is 6.83. The Balaban J connectivity index is 1.47. The molecule has 3 aromatic rings. The molecule has 1 saturated heterocycles. The first-order valence-corrected chi connectivity index (χ1v) is 13.1. The molecule has 4 rings (SSSR count). The van der Waals surface area contributed by atoms with E-state index >= 15 is 0 Å². The summed E-state index contributed by atoms with van der Waals surface area (Å²) in [5.41, 5.74) is 8.34. The van der Waals surface area contributed by atoms with E-state index in [9.17, 15) is 0 Å². The van der Waals surface area contributed by atoms with Gasteiger partial charge in [-0.3, -0.25) is 14.9 Å². The van der Waals surface area contributed by atoms with Gasteiger partial charge in [-0.05, 0) is 67.4 Å². The molecule has 0 radical (unpaired) electrons. The second-order valence-corrected chi connectivity index (χ2v) is 9.90. The molecule has 0 saturated carbocycles. The lowest BCUT2D eigenvalue weighted by Gasteiger charge is -2.26. The summed E-state index contributed by atoms with van der Waals surface area (Å²) in [6, 6.07) is 12.5. The molecule has 7 nitrogen and oxygen atoms in total. The van der Waals surface area contributed by atoms with Crippen molar-refractivity contribution < 1.29 is 0 Å². The Morgan fingerprint density at radius 2 is 1.68 bits per heavy atom. The van der Waals surface area contributed by atoms with Crippen LogP contribution in [0.15, 0.2) is 86.2 Å². The predicted octanol–water partition coefficient (Wildman–Crippen LogP) is 6.25. The zero-order valence-corrected chi connectivity index (χ0v) is 22.8. The van der Waals surface area contributed by atoms with Crippen LogP contribution in [0.1, 0.15) is 30.5 Å². The third-order valence-electron chi connectivity index (χ3n) is 6.83. The largest absolute Gasteiger partial charge is 0.388 e. The standard InChI is InChI=1S/C31H39N7/c1-22(23(2)35-27-11-12-28(34-20-27)21-38-14-8-7-9-15-38)30-17-25(10-13-31(30)32-4)26-16-29(19-33-18-26)36-24(3)37(5)6/h10-13,16-20,32,35-36H,1-3,7-9,14-15,21H2,4-6H3. The molecule has 7 heteroatoms. The van der Waals surface area contributed by atoms with Gasteiger partial charge in [0.05, 0.1) is 35.3 Å². The zero-order chi connectivity index (χ0) is 27.1. The van der Waals surface area contributed by atoms with Crippen LogP contribution in [0.5, 0.6) is 0 Å². The van der Waals surface area contributed by atoms with Crippen LogP contribution in [0.2, 0.25) is 0 Å². The van der Waals surface area contributed by atoms with Gasteiger partial charge in [0.15, 0.2) is 0 Å². The minimum absolute atomic E-state index is 0.722. The van der Waals surface area contributed by atoms with Crippen LogP contribution in [0.4, 0.5) is 17.1 Å². The minimum Gasteiger partial charge on any atom is -0.388 e. The Kier molecular flexibility index (Phi) is 8.81. The molecule has 1 aliphatic rings. The molecular weight excluding hydrogens is 470 g/mol. The molecule has 0 aliphatic carbocycles. The molecule has 38 heavy (non-hydrogen) atoms. The number of nitrogens with zero attached hydrogens (tertiary/aromatic N) is 4. The quantitative estimate of drug-likeness (QED) is 0.264. The van der Waals surface area contributed by atoms with Gasteiger partial charge < -0.3 is 20.9 Å². The summed E-state index contributed by atoms with van der Waals surface area (Å²) < 4.78 is 0. The normalized spacial score (nSPS) is 13.4. The smallest absolute Gasteiger partial charge is 0.0978 e. The van der Waals surface area contributed by atoms with E-state index < -0.39 is 0 Å². The molecule has 3 N–H and O–H groups in total. The van der Waals surface area contributed by atoms with Crippen LogP contribution in [0.25, 0.3) is 16.7 Å². The van der Waals surface area contributed by atoms with Gasteiger partial charge in [0.25, 0.3) is 0 Å². The van der Waals surface area contributed by atoms with E-state index in [2.05, 4.69) is 87.0 Å². The number of piperidine rings is 1. The number of nitrogens with one attached hydrogen (secondary N) is 3. The summed E-state index contributed by atoms with van der Waals surface area (Å²) >= 11 is 0. The SMILES string of the molecule is C=C(Nc1ccc(CN2CCCCC2)nc1)C(=C)c1cc(-c2cncc(NC(=C)N(C)C)c2)ccc1NC. The zero-order valence-electron chi connectivity index (χ0n) is 22.8. The van der Waals surface area contributed by atoms with E-state index in [4.69, 9.17) is 0 Å². The van der Waals surface area contributed by atoms with Crippen LogP contribution in [-0.4, -0.2) is 54.0 Å². The average Bonchev–Trinajstić information content (AvgIpc) is 2.94. The van der Waals surface area contributed by atoms with Gasteiger partial charge in [0, 0.05) is 56.4 Å². The Morgan fingerprint density at radius 3 is 2.37 bits per heavy atom. The first-order chi connectivity index (χ1) is 18.3. The molecule has 1 aromatic carbocycles. The molecule has 0 spiro atoms. The molecule has 1 fully saturated rings. The summed E-state index contributed by atoms with van der Waals surface area (Å²) in [6.07, 6.45) is 9.42. The number of hydrogen-bond donors (Lipinski definition) is 3. The van der Waals surface area contributed by atoms with Gasteiger partial charge >= 0.3 is 0 Å². The summed E-state index contributed by atoms with van der Waals surface area (Å²) in [7, 11) is 5.80. The molecular formula is C31H39N7. The monoisotopic (exact) mass is 509 g/mol. The van der Waals surface area contributed by atoms with Gasteiger partial charge in [-0.15, -0.1) is 0 Å². The number of aromatic nitrogens is 2. The lowest BCUT2D eigenvalue weighted by atomic mass is 9.97. The van der Waals surface area contributed by atoms with Crippen molar-refractivity contribution >= 4 is 22.6 Å². The van der Waals surface area contributed by atoms with Crippen molar-refractivity contribution in [3.8, 4) is 11.1 Å². The molecule has 1 aliphatic heterocycles.